The van der Waals surface area contributed by atoms with Crippen molar-refractivity contribution in [2.45, 2.75) is 111 Å². The van der Waals surface area contributed by atoms with Crippen molar-refractivity contribution in [2.24, 2.45) is 0 Å². The molecule has 63 heavy (non-hydrogen) atoms. The highest BCUT2D eigenvalue weighted by Gasteiger charge is 2.36. The van der Waals surface area contributed by atoms with Crippen LogP contribution in [0, 0.1) is 0 Å². The second kappa shape index (κ2) is 17.1. The molecule has 1 aliphatic rings. The summed E-state index contributed by atoms with van der Waals surface area (Å²) in [5.74, 6) is 5.04. The van der Waals surface area contributed by atoms with Crippen LogP contribution >= 0.6 is 16.8 Å². The van der Waals surface area contributed by atoms with Crippen molar-refractivity contribution in [1.29, 1.82) is 0 Å². The van der Waals surface area contributed by atoms with Crippen molar-refractivity contribution in [1.82, 2.24) is 0 Å². The van der Waals surface area contributed by atoms with Gasteiger partial charge in [-0.25, -0.2) is 0 Å². The van der Waals surface area contributed by atoms with Gasteiger partial charge in [0.15, 0.2) is 11.5 Å². The monoisotopic (exact) mass is 896 g/mol. The Morgan fingerprint density at radius 1 is 0.476 bits per heavy atom. The molecular weight excluding hydrogens is 834 g/mol. The lowest BCUT2D eigenvalue weighted by Crippen LogP contribution is -2.17. The number of para-hydroxylation sites is 2. The molecule has 0 unspecified atom stereocenters. The van der Waals surface area contributed by atoms with Crippen LogP contribution in [0.2, 0.25) is 0 Å². The highest BCUT2D eigenvalue weighted by Crippen LogP contribution is 2.58. The molecule has 0 N–H and O–H groups in total. The van der Waals surface area contributed by atoms with E-state index in [1.54, 1.807) is 28.4 Å². The molecule has 6 aromatic rings. The van der Waals surface area contributed by atoms with Gasteiger partial charge in [-0.05, 0) is 88.7 Å². The van der Waals surface area contributed by atoms with Gasteiger partial charge in [-0.2, -0.15) is 0 Å². The first-order chi connectivity index (χ1) is 29.6. The molecule has 0 fully saturated rings. The fourth-order valence-electron chi connectivity index (χ4n) is 7.61. The van der Waals surface area contributed by atoms with Crippen LogP contribution in [-0.4, -0.2) is 28.4 Å². The third kappa shape index (κ3) is 9.13. The zero-order valence-corrected chi connectivity index (χ0v) is 41.4. The van der Waals surface area contributed by atoms with Crippen LogP contribution in [-0.2, 0) is 21.7 Å². The van der Waals surface area contributed by atoms with Crippen LogP contribution in [0.4, 0.5) is 0 Å². The Labute approximate surface area is 374 Å². The summed E-state index contributed by atoms with van der Waals surface area (Å²) in [7, 11) is 2.59. The van der Waals surface area contributed by atoms with Crippen molar-refractivity contribution < 1.29 is 45.4 Å². The van der Waals surface area contributed by atoms with E-state index in [-0.39, 0.29) is 10.8 Å². The summed E-state index contributed by atoms with van der Waals surface area (Å²) < 4.78 is 65.3. The molecule has 7 rings (SSSR count). The smallest absolute Gasteiger partial charge is 0.497 e. The summed E-state index contributed by atoms with van der Waals surface area (Å²) in [6, 6.07) is 23.6. The van der Waals surface area contributed by atoms with E-state index in [0.29, 0.717) is 68.3 Å². The largest absolute Gasteiger partial charge is 0.530 e. The summed E-state index contributed by atoms with van der Waals surface area (Å²) in [5, 5.41) is 1.63. The number of fused-ring (bicyclic) bond motifs is 4. The minimum Gasteiger partial charge on any atom is -0.497 e. The Morgan fingerprint density at radius 2 is 0.857 bits per heavy atom. The maximum Gasteiger partial charge on any atom is 0.530 e. The predicted molar refractivity (Wildman–Crippen MR) is 255 cm³/mol. The first-order valence-corrected chi connectivity index (χ1v) is 23.5. The molecule has 2 heterocycles. The SMILES string of the molecule is CCC(C)(C)c1cc(OC)cc(-c2cc(OC)cc(C(C)(C)C)c2OP2Oc3ccccc3O2)c1Op1oc2c(C(C)(C)C)cc(OC)cc2c2cc(OC)cc(C(C)(C)C)c2o1. The topological polar surface area (TPSA) is 100 Å². The second-order valence-corrected chi connectivity index (χ2v) is 21.6. The van der Waals surface area contributed by atoms with Crippen LogP contribution in [0.1, 0.15) is 112 Å². The molecule has 1 aliphatic heterocycles. The van der Waals surface area contributed by atoms with Crippen molar-refractivity contribution in [3.8, 4) is 57.1 Å². The summed E-state index contributed by atoms with van der Waals surface area (Å²) in [5.41, 5.74) is 4.77. The Bertz CT molecular complexity index is 2610. The molecule has 12 heteroatoms. The van der Waals surface area contributed by atoms with Gasteiger partial charge in [0, 0.05) is 44.2 Å². The number of benzene rings is 5. The van der Waals surface area contributed by atoms with Gasteiger partial charge in [-0.1, -0.05) is 95.2 Å². The average molecular weight is 897 g/mol. The van der Waals surface area contributed by atoms with Gasteiger partial charge < -0.3 is 45.4 Å². The molecule has 10 nitrogen and oxygen atoms in total. The third-order valence-electron chi connectivity index (χ3n) is 11.7. The van der Waals surface area contributed by atoms with Crippen LogP contribution in [0.25, 0.3) is 33.1 Å². The first kappa shape index (κ1) is 45.8. The van der Waals surface area contributed by atoms with Crippen LogP contribution in [0.5, 0.6) is 46.0 Å². The first-order valence-electron chi connectivity index (χ1n) is 21.3. The maximum absolute atomic E-state index is 7.43. The molecule has 336 valence electrons. The van der Waals surface area contributed by atoms with Crippen molar-refractivity contribution in [3.05, 3.63) is 95.1 Å². The van der Waals surface area contributed by atoms with Gasteiger partial charge >= 0.3 is 16.8 Å². The number of methoxy groups -OCH3 is 4. The Morgan fingerprint density at radius 3 is 1.25 bits per heavy atom. The zero-order chi connectivity index (χ0) is 45.8. The number of hydrogen-bond acceptors (Lipinski definition) is 10. The summed E-state index contributed by atoms with van der Waals surface area (Å²) in [6.45, 7) is 25.9. The van der Waals surface area contributed by atoms with E-state index in [2.05, 4.69) is 83.1 Å². The van der Waals surface area contributed by atoms with E-state index < -0.39 is 27.7 Å². The van der Waals surface area contributed by atoms with Crippen molar-refractivity contribution in [3.63, 3.8) is 0 Å². The van der Waals surface area contributed by atoms with Gasteiger partial charge in [-0.15, -0.1) is 0 Å². The minimum absolute atomic E-state index is 0.363. The van der Waals surface area contributed by atoms with E-state index in [1.165, 1.54) is 0 Å². The molecule has 0 atom stereocenters. The lowest BCUT2D eigenvalue weighted by atomic mass is 9.79. The van der Waals surface area contributed by atoms with Gasteiger partial charge in [0.05, 0.1) is 28.4 Å². The summed E-state index contributed by atoms with van der Waals surface area (Å²) in [4.78, 5) is 0. The van der Waals surface area contributed by atoms with Gasteiger partial charge in [0.2, 0.25) is 0 Å². The van der Waals surface area contributed by atoms with Crippen molar-refractivity contribution >= 4 is 38.8 Å². The van der Waals surface area contributed by atoms with Crippen molar-refractivity contribution in [2.75, 3.05) is 28.4 Å². The maximum atomic E-state index is 7.43. The molecule has 0 saturated carbocycles. The fraction of sp³-hybridized carbons (Fsp3) is 0.412. The van der Waals surface area contributed by atoms with E-state index in [0.717, 1.165) is 39.4 Å². The molecule has 0 spiro atoms. The minimum atomic E-state index is -2.23. The third-order valence-corrected chi connectivity index (χ3v) is 13.7. The molecular formula is C51H62O10P2. The number of rotatable bonds is 11. The Balaban J connectivity index is 1.61. The van der Waals surface area contributed by atoms with Crippen LogP contribution < -0.4 is 37.0 Å². The highest BCUT2D eigenvalue weighted by atomic mass is 31.2. The van der Waals surface area contributed by atoms with Gasteiger partial charge in [0.25, 0.3) is 0 Å². The summed E-state index contributed by atoms with van der Waals surface area (Å²) >= 11 is 0. The second-order valence-electron chi connectivity index (χ2n) is 19.6. The fourth-order valence-corrected chi connectivity index (χ4v) is 9.84. The normalized spacial score (nSPS) is 13.3. The molecule has 0 bridgehead atoms. The Kier molecular flexibility index (Phi) is 12.4. The number of hydrogen-bond donors (Lipinski definition) is 0. The molecule has 1 aromatic heterocycles. The zero-order valence-electron chi connectivity index (χ0n) is 39.6. The van der Waals surface area contributed by atoms with E-state index in [9.17, 15) is 0 Å². The van der Waals surface area contributed by atoms with Crippen LogP contribution in [0.15, 0.2) is 81.2 Å². The molecule has 0 saturated heterocycles. The van der Waals surface area contributed by atoms with Gasteiger partial charge in [0.1, 0.15) is 45.7 Å². The van der Waals surface area contributed by atoms with Gasteiger partial charge in [-0.3, -0.25) is 0 Å². The van der Waals surface area contributed by atoms with E-state index in [4.69, 9.17) is 45.4 Å². The standard InChI is InChI=1S/C51H62O10P2/c1-17-51(11,12)41-29-33(55-16)25-37(36-24-32(54-15)26-38(48(2,3)4)44(36)58-62-56-42-20-18-19-21-43(42)57-62)47(41)61-63-59-45-34(22-30(52-13)27-39(45)49(5,6)7)35-23-31(53-14)28-40(46(35)60-63)50(8,9)10/h18-29H,17H2,1-16H3. The molecule has 0 aliphatic carbocycles. The average Bonchev–Trinajstić information content (AvgIpc) is 3.57. The van der Waals surface area contributed by atoms with Crippen LogP contribution in [0.3, 0.4) is 0 Å². The molecule has 5 aromatic carbocycles. The Hall–Kier alpha value is -5.17. The van der Waals surface area contributed by atoms with E-state index >= 15 is 0 Å². The highest BCUT2D eigenvalue weighted by molar-refractivity contribution is 7.43. The van der Waals surface area contributed by atoms with E-state index in [1.807, 2.05) is 72.8 Å². The summed E-state index contributed by atoms with van der Waals surface area (Å²) in [6.07, 6.45) is 0.781. The lowest BCUT2D eigenvalue weighted by Gasteiger charge is -2.29. The molecule has 0 radical (unpaired) electrons. The predicted octanol–water partition coefficient (Wildman–Crippen LogP) is 15.5. The molecule has 0 amide bonds. The number of ether oxygens (including phenoxy) is 4. The quantitative estimate of drug-likeness (QED) is 0.117. The lowest BCUT2D eigenvalue weighted by molar-refractivity contribution is 0.404.